The number of piperidine rings is 1. The second-order valence-electron chi connectivity index (χ2n) is 11.3. The van der Waals surface area contributed by atoms with E-state index in [1.165, 1.54) is 77.7 Å². The van der Waals surface area contributed by atoms with E-state index in [1.54, 1.807) is 7.11 Å². The van der Waals surface area contributed by atoms with Gasteiger partial charge >= 0.3 is 0 Å². The first-order valence-corrected chi connectivity index (χ1v) is 15.4. The molecule has 3 aromatic carbocycles. The molecule has 0 amide bonds. The highest BCUT2D eigenvalue weighted by atomic mass is 16.5. The van der Waals surface area contributed by atoms with E-state index in [4.69, 9.17) is 14.6 Å². The van der Waals surface area contributed by atoms with Crippen LogP contribution in [-0.2, 0) is 17.9 Å². The smallest absolute Gasteiger partial charge is 0.290 e. The molecule has 42 heavy (non-hydrogen) atoms. The van der Waals surface area contributed by atoms with Crippen LogP contribution in [0.3, 0.4) is 0 Å². The van der Waals surface area contributed by atoms with Gasteiger partial charge in [0.05, 0.1) is 12.8 Å². The summed E-state index contributed by atoms with van der Waals surface area (Å²) in [4.78, 5) is 11.0. The summed E-state index contributed by atoms with van der Waals surface area (Å²) in [5, 5.41) is 6.89. The number of methoxy groups -OCH3 is 1. The van der Waals surface area contributed by atoms with Gasteiger partial charge < -0.3 is 14.4 Å². The lowest BCUT2D eigenvalue weighted by Crippen LogP contribution is -2.33. The third-order valence-corrected chi connectivity index (χ3v) is 8.35. The third-order valence-electron chi connectivity index (χ3n) is 8.35. The maximum absolute atomic E-state index is 8.36. The average molecular weight is 567 g/mol. The number of carboxylic acid groups (broad SMARTS) is 1. The van der Waals surface area contributed by atoms with Crippen molar-refractivity contribution in [2.75, 3.05) is 20.2 Å². The van der Waals surface area contributed by atoms with Crippen molar-refractivity contribution in [2.45, 2.75) is 71.4 Å². The number of hydrogen-bond acceptors (Lipinski definition) is 3. The van der Waals surface area contributed by atoms with Crippen LogP contribution in [0.25, 0.3) is 22.4 Å². The van der Waals surface area contributed by atoms with Crippen molar-refractivity contribution in [3.8, 4) is 28.1 Å². The number of aromatic nitrogens is 1. The second kappa shape index (κ2) is 16.0. The predicted molar refractivity (Wildman–Crippen MR) is 173 cm³/mol. The Kier molecular flexibility index (Phi) is 11.8. The number of rotatable bonds is 11. The van der Waals surface area contributed by atoms with Crippen LogP contribution < -0.4 is 4.74 Å². The molecule has 1 N–H and O–H groups in total. The van der Waals surface area contributed by atoms with Crippen LogP contribution in [0.1, 0.15) is 68.2 Å². The number of benzene rings is 3. The number of hydrogen-bond donors (Lipinski definition) is 1. The first-order valence-electron chi connectivity index (χ1n) is 15.4. The number of aryl methyl sites for hydroxylation is 1. The van der Waals surface area contributed by atoms with Gasteiger partial charge in [0.1, 0.15) is 5.75 Å². The van der Waals surface area contributed by atoms with E-state index in [1.807, 2.05) is 0 Å². The zero-order valence-corrected chi connectivity index (χ0v) is 25.5. The Morgan fingerprint density at radius 3 is 2.14 bits per heavy atom. The van der Waals surface area contributed by atoms with Crippen LogP contribution in [0.4, 0.5) is 0 Å². The lowest BCUT2D eigenvalue weighted by Gasteiger charge is -2.33. The molecule has 0 bridgehead atoms. The van der Waals surface area contributed by atoms with E-state index >= 15 is 0 Å². The lowest BCUT2D eigenvalue weighted by atomic mass is 9.92. The summed E-state index contributed by atoms with van der Waals surface area (Å²) in [5.41, 5.74) is 9.54. The summed E-state index contributed by atoms with van der Waals surface area (Å²) >= 11 is 0. The van der Waals surface area contributed by atoms with Crippen molar-refractivity contribution in [3.05, 3.63) is 102 Å². The fourth-order valence-corrected chi connectivity index (χ4v) is 6.09. The van der Waals surface area contributed by atoms with Crippen LogP contribution >= 0.6 is 0 Å². The first-order chi connectivity index (χ1) is 20.6. The van der Waals surface area contributed by atoms with Gasteiger partial charge in [-0.1, -0.05) is 86.3 Å². The fraction of sp³-hybridized carbons (Fsp3) is 0.378. The Balaban J connectivity index is 0.00000129. The maximum Gasteiger partial charge on any atom is 0.290 e. The van der Waals surface area contributed by atoms with E-state index in [9.17, 15) is 0 Å². The molecule has 5 rings (SSSR count). The molecular formula is C37H46N2O3. The Hall–Kier alpha value is -3.83. The van der Waals surface area contributed by atoms with Gasteiger partial charge in [-0.2, -0.15) is 0 Å². The number of likely N-dealkylation sites (tertiary alicyclic amines) is 1. The quantitative estimate of drug-likeness (QED) is 0.146. The predicted octanol–water partition coefficient (Wildman–Crippen LogP) is 8.80. The van der Waals surface area contributed by atoms with E-state index < -0.39 is 0 Å². The average Bonchev–Trinajstić information content (AvgIpc) is 3.40. The van der Waals surface area contributed by atoms with Crippen LogP contribution in [0, 0.1) is 6.92 Å². The molecule has 0 radical (unpaired) electrons. The molecule has 0 spiro atoms. The van der Waals surface area contributed by atoms with Crippen molar-refractivity contribution < 1.29 is 14.6 Å². The molecule has 1 aromatic heterocycles. The largest absolute Gasteiger partial charge is 0.497 e. The molecule has 222 valence electrons. The zero-order chi connectivity index (χ0) is 29.7. The van der Waals surface area contributed by atoms with Gasteiger partial charge in [0.25, 0.3) is 6.47 Å². The maximum atomic E-state index is 8.36. The van der Waals surface area contributed by atoms with Gasteiger partial charge in [-0.05, 0) is 86.3 Å². The molecule has 1 fully saturated rings. The summed E-state index contributed by atoms with van der Waals surface area (Å²) in [6.07, 6.45) is 7.49. The Labute approximate surface area is 251 Å². The summed E-state index contributed by atoms with van der Waals surface area (Å²) < 4.78 is 8.18. The van der Waals surface area contributed by atoms with E-state index in [0.717, 1.165) is 31.9 Å². The van der Waals surface area contributed by atoms with E-state index in [-0.39, 0.29) is 6.47 Å². The second-order valence-corrected chi connectivity index (χ2v) is 11.3. The molecule has 0 unspecified atom stereocenters. The first kappa shape index (κ1) is 31.1. The van der Waals surface area contributed by atoms with Crippen LogP contribution in [0.15, 0.2) is 84.9 Å². The van der Waals surface area contributed by atoms with Crippen molar-refractivity contribution in [1.29, 1.82) is 0 Å². The molecule has 1 saturated heterocycles. The van der Waals surface area contributed by atoms with Crippen molar-refractivity contribution in [1.82, 2.24) is 9.47 Å². The van der Waals surface area contributed by atoms with E-state index in [0.29, 0.717) is 5.92 Å². The Morgan fingerprint density at radius 2 is 1.52 bits per heavy atom. The fourth-order valence-electron chi connectivity index (χ4n) is 6.09. The summed E-state index contributed by atoms with van der Waals surface area (Å²) in [5.74, 6) is 1.49. The van der Waals surface area contributed by atoms with Gasteiger partial charge in [-0.3, -0.25) is 9.69 Å². The molecule has 1 aliphatic heterocycles. The van der Waals surface area contributed by atoms with Gasteiger partial charge in [-0.15, -0.1) is 0 Å². The standard InChI is InChI=1S/C36H44N2O.CH2O2/c1-4-5-6-10-23-38-35(31-21-24-37(25-22-31)27-29-11-8-7-9-12-29)26-34(30-15-13-28(2)14-16-30)36(38)32-17-19-33(39-3)20-18-32;2-1-3/h7-9,11-20,26,31H,4-6,10,21-25,27H2,1-3H3;1H,(H,2,3). The molecule has 5 nitrogen and oxygen atoms in total. The van der Waals surface area contributed by atoms with Crippen molar-refractivity contribution >= 4 is 6.47 Å². The minimum Gasteiger partial charge on any atom is -0.497 e. The number of unbranched alkanes of at least 4 members (excludes halogenated alkanes) is 3. The molecule has 0 aliphatic carbocycles. The monoisotopic (exact) mass is 566 g/mol. The molecular weight excluding hydrogens is 520 g/mol. The molecule has 4 aromatic rings. The molecule has 0 atom stereocenters. The highest BCUT2D eigenvalue weighted by molar-refractivity contribution is 5.83. The van der Waals surface area contributed by atoms with Gasteiger partial charge in [0.2, 0.25) is 0 Å². The summed E-state index contributed by atoms with van der Waals surface area (Å²) in [6, 6.07) is 31.2. The Bertz CT molecular complexity index is 1350. The number of ether oxygens (including phenoxy) is 1. The Morgan fingerprint density at radius 1 is 0.881 bits per heavy atom. The minimum atomic E-state index is -0.250. The number of carbonyl (C=O) groups is 1. The molecule has 1 aliphatic rings. The van der Waals surface area contributed by atoms with Gasteiger partial charge in [0, 0.05) is 30.3 Å². The minimum absolute atomic E-state index is 0.250. The van der Waals surface area contributed by atoms with Crippen molar-refractivity contribution in [2.24, 2.45) is 0 Å². The zero-order valence-electron chi connectivity index (χ0n) is 25.5. The van der Waals surface area contributed by atoms with Crippen LogP contribution in [0.2, 0.25) is 0 Å². The van der Waals surface area contributed by atoms with Gasteiger partial charge in [0.15, 0.2) is 0 Å². The van der Waals surface area contributed by atoms with Crippen molar-refractivity contribution in [3.63, 3.8) is 0 Å². The van der Waals surface area contributed by atoms with E-state index in [2.05, 4.69) is 108 Å². The highest BCUT2D eigenvalue weighted by Gasteiger charge is 2.27. The highest BCUT2D eigenvalue weighted by Crippen LogP contribution is 2.41. The third kappa shape index (κ3) is 8.13. The van der Waals surface area contributed by atoms with Gasteiger partial charge in [-0.25, -0.2) is 0 Å². The van der Waals surface area contributed by atoms with Crippen LogP contribution in [-0.4, -0.2) is 41.2 Å². The van der Waals surface area contributed by atoms with Crippen LogP contribution in [0.5, 0.6) is 5.75 Å². The number of nitrogens with zero attached hydrogens (tertiary/aromatic N) is 2. The molecule has 5 heteroatoms. The molecule has 2 heterocycles. The lowest BCUT2D eigenvalue weighted by molar-refractivity contribution is -0.122. The summed E-state index contributed by atoms with van der Waals surface area (Å²) in [6.45, 7) is 8.64. The topological polar surface area (TPSA) is 54.7 Å². The molecule has 0 saturated carbocycles. The SMILES string of the molecule is CCCCCCn1c(C2CCN(Cc3ccccc3)CC2)cc(-c2ccc(C)cc2)c1-c1ccc(OC)cc1.O=CO. The normalized spacial score (nSPS) is 13.8. The summed E-state index contributed by atoms with van der Waals surface area (Å²) in [7, 11) is 1.74.